The number of thiazole rings is 1. The second-order valence-electron chi connectivity index (χ2n) is 6.60. The van der Waals surface area contributed by atoms with Gasteiger partial charge in [0.05, 0.1) is 5.69 Å². The van der Waals surface area contributed by atoms with Gasteiger partial charge in [-0.2, -0.15) is 0 Å². The molecule has 1 heterocycles. The molecule has 0 fully saturated rings. The monoisotopic (exact) mass is 297 g/mol. The number of hydrogen-bond donors (Lipinski definition) is 1. The SMILES string of the molecule is CC(C)CCN(C)c1nc(C(C)C)c(CNC(C)C)s1. The van der Waals surface area contributed by atoms with Crippen molar-refractivity contribution in [2.45, 2.75) is 66.5 Å². The van der Waals surface area contributed by atoms with Crippen molar-refractivity contribution in [2.24, 2.45) is 5.92 Å². The van der Waals surface area contributed by atoms with Gasteiger partial charge in [-0.25, -0.2) is 4.98 Å². The van der Waals surface area contributed by atoms with Gasteiger partial charge in [0.25, 0.3) is 0 Å². The molecule has 116 valence electrons. The summed E-state index contributed by atoms with van der Waals surface area (Å²) in [6.45, 7) is 15.4. The van der Waals surface area contributed by atoms with Crippen molar-refractivity contribution >= 4 is 16.5 Å². The number of rotatable bonds is 8. The second-order valence-corrected chi connectivity index (χ2v) is 7.66. The van der Waals surface area contributed by atoms with E-state index in [9.17, 15) is 0 Å². The molecule has 1 aromatic rings. The highest BCUT2D eigenvalue weighted by atomic mass is 32.1. The van der Waals surface area contributed by atoms with Gasteiger partial charge in [0, 0.05) is 31.1 Å². The van der Waals surface area contributed by atoms with Gasteiger partial charge in [0.15, 0.2) is 5.13 Å². The van der Waals surface area contributed by atoms with Crippen molar-refractivity contribution in [1.29, 1.82) is 0 Å². The van der Waals surface area contributed by atoms with Crippen LogP contribution < -0.4 is 10.2 Å². The number of hydrogen-bond acceptors (Lipinski definition) is 4. The molecule has 0 aliphatic heterocycles. The fourth-order valence-corrected chi connectivity index (χ4v) is 3.09. The quantitative estimate of drug-likeness (QED) is 0.777. The van der Waals surface area contributed by atoms with E-state index in [4.69, 9.17) is 4.98 Å². The predicted molar refractivity (Wildman–Crippen MR) is 90.9 cm³/mol. The molecule has 0 aliphatic rings. The lowest BCUT2D eigenvalue weighted by molar-refractivity contribution is 0.584. The standard InChI is InChI=1S/C16H31N3S/c1-11(2)8-9-19(7)16-18-15(12(3)4)14(20-16)10-17-13(5)6/h11-13,17H,8-10H2,1-7H3. The number of aromatic nitrogens is 1. The Morgan fingerprint density at radius 3 is 2.30 bits per heavy atom. The van der Waals surface area contributed by atoms with E-state index in [0.717, 1.165) is 24.1 Å². The minimum Gasteiger partial charge on any atom is -0.351 e. The maximum absolute atomic E-state index is 4.87. The van der Waals surface area contributed by atoms with Crippen LogP contribution in [0.2, 0.25) is 0 Å². The third-order valence-corrected chi connectivity index (χ3v) is 4.49. The lowest BCUT2D eigenvalue weighted by Crippen LogP contribution is -2.22. The molecule has 0 aromatic carbocycles. The van der Waals surface area contributed by atoms with Crippen molar-refractivity contribution in [3.63, 3.8) is 0 Å². The van der Waals surface area contributed by atoms with Crippen LogP contribution in [0, 0.1) is 5.92 Å². The zero-order chi connectivity index (χ0) is 15.3. The third kappa shape index (κ3) is 5.41. The zero-order valence-electron chi connectivity index (χ0n) is 14.2. The number of nitrogens with one attached hydrogen (secondary N) is 1. The van der Waals surface area contributed by atoms with Crippen LogP contribution in [-0.2, 0) is 6.54 Å². The summed E-state index contributed by atoms with van der Waals surface area (Å²) in [4.78, 5) is 8.56. The van der Waals surface area contributed by atoms with E-state index in [2.05, 4.69) is 58.8 Å². The summed E-state index contributed by atoms with van der Waals surface area (Å²) in [5.41, 5.74) is 1.26. The topological polar surface area (TPSA) is 28.2 Å². The molecule has 0 bridgehead atoms. The van der Waals surface area contributed by atoms with E-state index in [1.165, 1.54) is 17.0 Å². The molecule has 0 aliphatic carbocycles. The summed E-state index contributed by atoms with van der Waals surface area (Å²) in [6.07, 6.45) is 1.21. The Morgan fingerprint density at radius 1 is 1.15 bits per heavy atom. The molecule has 3 nitrogen and oxygen atoms in total. The van der Waals surface area contributed by atoms with E-state index in [1.807, 2.05) is 11.3 Å². The van der Waals surface area contributed by atoms with Gasteiger partial charge in [0.1, 0.15) is 0 Å². The van der Waals surface area contributed by atoms with Crippen LogP contribution in [0.15, 0.2) is 0 Å². The predicted octanol–water partition coefficient (Wildman–Crippen LogP) is 4.25. The van der Waals surface area contributed by atoms with Crippen LogP contribution in [0.4, 0.5) is 5.13 Å². The summed E-state index contributed by atoms with van der Waals surface area (Å²) in [5, 5.41) is 4.67. The van der Waals surface area contributed by atoms with Gasteiger partial charge in [-0.1, -0.05) is 41.5 Å². The summed E-state index contributed by atoms with van der Waals surface area (Å²) in [6, 6.07) is 0.513. The smallest absolute Gasteiger partial charge is 0.185 e. The highest BCUT2D eigenvalue weighted by Gasteiger charge is 2.16. The maximum atomic E-state index is 4.87. The third-order valence-electron chi connectivity index (χ3n) is 3.30. The Balaban J connectivity index is 2.79. The van der Waals surface area contributed by atoms with E-state index in [1.54, 1.807) is 0 Å². The molecule has 0 radical (unpaired) electrons. The molecule has 1 rings (SSSR count). The van der Waals surface area contributed by atoms with Gasteiger partial charge >= 0.3 is 0 Å². The van der Waals surface area contributed by atoms with Gasteiger partial charge in [-0.05, 0) is 18.3 Å². The Kier molecular flexibility index (Phi) is 6.96. The molecule has 0 saturated carbocycles. The summed E-state index contributed by atoms with van der Waals surface area (Å²) < 4.78 is 0. The molecular formula is C16H31N3S. The van der Waals surface area contributed by atoms with Crippen LogP contribution in [0.1, 0.15) is 64.5 Å². The first kappa shape index (κ1) is 17.4. The molecule has 0 spiro atoms. The first-order chi connectivity index (χ1) is 9.31. The van der Waals surface area contributed by atoms with Gasteiger partial charge in [-0.15, -0.1) is 11.3 Å². The molecule has 0 atom stereocenters. The molecule has 0 unspecified atom stereocenters. The highest BCUT2D eigenvalue weighted by Crippen LogP contribution is 2.30. The Bertz CT molecular complexity index is 396. The van der Waals surface area contributed by atoms with Crippen LogP contribution in [0.5, 0.6) is 0 Å². The largest absolute Gasteiger partial charge is 0.351 e. The average molecular weight is 298 g/mol. The fourth-order valence-electron chi connectivity index (χ4n) is 1.94. The van der Waals surface area contributed by atoms with Gasteiger partial charge in [-0.3, -0.25) is 0 Å². The molecule has 4 heteroatoms. The van der Waals surface area contributed by atoms with E-state index in [-0.39, 0.29) is 0 Å². The minimum atomic E-state index is 0.488. The van der Waals surface area contributed by atoms with Crippen molar-refractivity contribution in [2.75, 3.05) is 18.5 Å². The Labute approximate surface area is 128 Å². The number of anilines is 1. The van der Waals surface area contributed by atoms with Crippen LogP contribution >= 0.6 is 11.3 Å². The first-order valence-electron chi connectivity index (χ1n) is 7.75. The Morgan fingerprint density at radius 2 is 1.80 bits per heavy atom. The lowest BCUT2D eigenvalue weighted by atomic mass is 10.1. The molecule has 0 amide bonds. The van der Waals surface area contributed by atoms with Crippen molar-refractivity contribution in [1.82, 2.24) is 10.3 Å². The molecule has 1 aromatic heterocycles. The molecule has 20 heavy (non-hydrogen) atoms. The second kappa shape index (κ2) is 7.99. The van der Waals surface area contributed by atoms with Crippen LogP contribution in [-0.4, -0.2) is 24.6 Å². The van der Waals surface area contributed by atoms with E-state index in [0.29, 0.717) is 12.0 Å². The van der Waals surface area contributed by atoms with Gasteiger partial charge in [0.2, 0.25) is 0 Å². The number of nitrogens with zero attached hydrogens (tertiary/aromatic N) is 2. The minimum absolute atomic E-state index is 0.488. The lowest BCUT2D eigenvalue weighted by Gasteiger charge is -2.16. The fraction of sp³-hybridized carbons (Fsp3) is 0.812. The van der Waals surface area contributed by atoms with Crippen molar-refractivity contribution < 1.29 is 0 Å². The van der Waals surface area contributed by atoms with Crippen molar-refractivity contribution in [3.8, 4) is 0 Å². The van der Waals surface area contributed by atoms with E-state index >= 15 is 0 Å². The maximum Gasteiger partial charge on any atom is 0.185 e. The highest BCUT2D eigenvalue weighted by molar-refractivity contribution is 7.15. The van der Waals surface area contributed by atoms with Crippen molar-refractivity contribution in [3.05, 3.63) is 10.6 Å². The average Bonchev–Trinajstić information content (AvgIpc) is 2.77. The Hall–Kier alpha value is -0.610. The van der Waals surface area contributed by atoms with Crippen LogP contribution in [0.3, 0.4) is 0 Å². The summed E-state index contributed by atoms with van der Waals surface area (Å²) >= 11 is 1.84. The van der Waals surface area contributed by atoms with Crippen LogP contribution in [0.25, 0.3) is 0 Å². The normalized spacial score (nSPS) is 11.9. The molecular weight excluding hydrogens is 266 g/mol. The molecule has 0 saturated heterocycles. The summed E-state index contributed by atoms with van der Waals surface area (Å²) in [5.74, 6) is 1.23. The first-order valence-corrected chi connectivity index (χ1v) is 8.57. The zero-order valence-corrected chi connectivity index (χ0v) is 15.0. The van der Waals surface area contributed by atoms with Gasteiger partial charge < -0.3 is 10.2 Å². The molecule has 1 N–H and O–H groups in total. The van der Waals surface area contributed by atoms with E-state index < -0.39 is 0 Å². The summed E-state index contributed by atoms with van der Waals surface area (Å²) in [7, 11) is 2.16.